The lowest BCUT2D eigenvalue weighted by atomic mass is 10.1. The summed E-state index contributed by atoms with van der Waals surface area (Å²) in [6, 6.07) is 8.27. The summed E-state index contributed by atoms with van der Waals surface area (Å²) in [6.45, 7) is 10.5. The lowest BCUT2D eigenvalue weighted by Crippen LogP contribution is -2.24. The van der Waals surface area contributed by atoms with Gasteiger partial charge in [-0.2, -0.15) is 0 Å². The zero-order valence-electron chi connectivity index (χ0n) is 16.9. The van der Waals surface area contributed by atoms with Crippen molar-refractivity contribution < 1.29 is 4.79 Å². The summed E-state index contributed by atoms with van der Waals surface area (Å²) in [4.78, 5) is 17.6. The number of benzene rings is 1. The Morgan fingerprint density at radius 1 is 1.21 bits per heavy atom. The summed E-state index contributed by atoms with van der Waals surface area (Å²) in [5.41, 5.74) is 3.32. The number of nitrogens with one attached hydrogen (secondary N) is 1. The molecule has 0 aliphatic heterocycles. The molecule has 0 fully saturated rings. The summed E-state index contributed by atoms with van der Waals surface area (Å²) >= 11 is 2.96. The van der Waals surface area contributed by atoms with Gasteiger partial charge in [0.25, 0.3) is 0 Å². The van der Waals surface area contributed by atoms with E-state index >= 15 is 0 Å². The number of hydrogen-bond donors (Lipinski definition) is 1. The Morgan fingerprint density at radius 3 is 2.71 bits per heavy atom. The molecule has 3 aromatic rings. The minimum Gasteiger partial charge on any atom is -0.300 e. The molecule has 0 spiro atoms. The highest BCUT2D eigenvalue weighted by Crippen LogP contribution is 2.30. The molecule has 7 heteroatoms. The Morgan fingerprint density at radius 2 is 2.00 bits per heavy atom. The van der Waals surface area contributed by atoms with E-state index in [-0.39, 0.29) is 11.2 Å². The van der Waals surface area contributed by atoms with E-state index in [2.05, 4.69) is 67.5 Å². The number of nitrogens with zero attached hydrogens (tertiary/aromatic N) is 3. The third-order valence-corrected chi connectivity index (χ3v) is 6.57. The van der Waals surface area contributed by atoms with E-state index in [4.69, 9.17) is 4.98 Å². The molecule has 0 aliphatic rings. The summed E-state index contributed by atoms with van der Waals surface area (Å²) in [5.74, 6) is 0.463. The normalized spacial score (nSPS) is 12.5. The average Bonchev–Trinajstić information content (AvgIpc) is 3.06. The standard InChI is InChI=1S/C21H26N4OS2/c1-6-16(20(26)23-21-25-24-18(28-21)10-12(2)3)27-17-11-14(5)15-9-7-8-13(4)19(15)22-17/h7-9,11-12,16H,6,10H2,1-5H3,(H,23,25,26). The number of para-hydroxylation sites is 1. The summed E-state index contributed by atoms with van der Waals surface area (Å²) in [6.07, 6.45) is 1.58. The Labute approximate surface area is 174 Å². The monoisotopic (exact) mass is 414 g/mol. The van der Waals surface area contributed by atoms with Crippen LogP contribution >= 0.6 is 23.1 Å². The van der Waals surface area contributed by atoms with Gasteiger partial charge in [0, 0.05) is 11.8 Å². The van der Waals surface area contributed by atoms with Crippen LogP contribution in [0.1, 0.15) is 43.3 Å². The van der Waals surface area contributed by atoms with Gasteiger partial charge in [0.15, 0.2) is 0 Å². The van der Waals surface area contributed by atoms with Crippen molar-refractivity contribution >= 4 is 45.0 Å². The fourth-order valence-corrected chi connectivity index (χ4v) is 4.95. The topological polar surface area (TPSA) is 67.8 Å². The van der Waals surface area contributed by atoms with Crippen molar-refractivity contribution in [2.45, 2.75) is 57.7 Å². The smallest absolute Gasteiger partial charge is 0.239 e. The van der Waals surface area contributed by atoms with Crippen molar-refractivity contribution in [1.82, 2.24) is 15.2 Å². The van der Waals surface area contributed by atoms with Crippen LogP contribution in [0.15, 0.2) is 29.3 Å². The van der Waals surface area contributed by atoms with Crippen LogP contribution in [0, 0.1) is 19.8 Å². The van der Waals surface area contributed by atoms with E-state index in [9.17, 15) is 4.79 Å². The minimum atomic E-state index is -0.231. The second-order valence-electron chi connectivity index (χ2n) is 7.35. The molecule has 148 valence electrons. The van der Waals surface area contributed by atoms with E-state index in [0.29, 0.717) is 17.5 Å². The molecule has 1 amide bonds. The van der Waals surface area contributed by atoms with Crippen molar-refractivity contribution in [1.29, 1.82) is 0 Å². The molecule has 5 nitrogen and oxygen atoms in total. The molecule has 0 bridgehead atoms. The van der Waals surface area contributed by atoms with Gasteiger partial charge in [-0.05, 0) is 43.4 Å². The molecule has 1 aromatic carbocycles. The van der Waals surface area contributed by atoms with E-state index in [1.165, 1.54) is 28.7 Å². The van der Waals surface area contributed by atoms with Crippen LogP contribution in [0.2, 0.25) is 0 Å². The predicted octanol–water partition coefficient (Wildman–Crippen LogP) is 5.41. The van der Waals surface area contributed by atoms with Crippen molar-refractivity contribution in [3.05, 3.63) is 40.4 Å². The first-order chi connectivity index (χ1) is 13.4. The number of pyridine rings is 1. The van der Waals surface area contributed by atoms with E-state index in [0.717, 1.165) is 32.9 Å². The van der Waals surface area contributed by atoms with Crippen LogP contribution in [0.4, 0.5) is 5.13 Å². The number of anilines is 1. The molecule has 0 radical (unpaired) electrons. The number of amides is 1. The Hall–Kier alpha value is -1.99. The third-order valence-electron chi connectivity index (χ3n) is 4.43. The lowest BCUT2D eigenvalue weighted by Gasteiger charge is -2.14. The van der Waals surface area contributed by atoms with Gasteiger partial charge < -0.3 is 0 Å². The van der Waals surface area contributed by atoms with Crippen LogP contribution in [0.5, 0.6) is 0 Å². The minimum absolute atomic E-state index is 0.0518. The number of aromatic nitrogens is 3. The zero-order chi connectivity index (χ0) is 20.3. The SMILES string of the molecule is CCC(Sc1cc(C)c2cccc(C)c2n1)C(=O)Nc1nnc(CC(C)C)s1. The van der Waals surface area contributed by atoms with Gasteiger partial charge in [-0.3, -0.25) is 10.1 Å². The molecule has 0 aliphatic carbocycles. The third kappa shape index (κ3) is 4.89. The second-order valence-corrected chi connectivity index (χ2v) is 9.64. The molecule has 1 atom stereocenters. The number of rotatable bonds is 7. The number of hydrogen-bond acceptors (Lipinski definition) is 6. The van der Waals surface area contributed by atoms with Crippen molar-refractivity contribution in [3.63, 3.8) is 0 Å². The fourth-order valence-electron chi connectivity index (χ4n) is 2.98. The fraction of sp³-hybridized carbons (Fsp3) is 0.429. The van der Waals surface area contributed by atoms with E-state index in [1.54, 1.807) is 0 Å². The number of thioether (sulfide) groups is 1. The van der Waals surface area contributed by atoms with Crippen LogP contribution in [-0.4, -0.2) is 26.3 Å². The number of carbonyl (C=O) groups is 1. The summed E-state index contributed by atoms with van der Waals surface area (Å²) in [5, 5.41) is 14.5. The molecule has 28 heavy (non-hydrogen) atoms. The van der Waals surface area contributed by atoms with E-state index < -0.39 is 0 Å². The Balaban J connectivity index is 1.75. The Bertz CT molecular complexity index is 984. The molecular weight excluding hydrogens is 388 g/mol. The molecule has 0 saturated heterocycles. The molecular formula is C21H26N4OS2. The molecule has 2 heterocycles. The van der Waals surface area contributed by atoms with Crippen LogP contribution in [-0.2, 0) is 11.2 Å². The van der Waals surface area contributed by atoms with Gasteiger partial charge in [0.1, 0.15) is 5.01 Å². The first kappa shape index (κ1) is 20.7. The highest BCUT2D eigenvalue weighted by molar-refractivity contribution is 8.00. The highest BCUT2D eigenvalue weighted by atomic mass is 32.2. The second kappa shape index (κ2) is 9.01. The quantitative estimate of drug-likeness (QED) is 0.524. The van der Waals surface area contributed by atoms with Crippen LogP contribution in [0.3, 0.4) is 0 Å². The van der Waals surface area contributed by atoms with Crippen LogP contribution < -0.4 is 5.32 Å². The lowest BCUT2D eigenvalue weighted by molar-refractivity contribution is -0.115. The van der Waals surface area contributed by atoms with Gasteiger partial charge in [-0.25, -0.2) is 4.98 Å². The molecule has 1 N–H and O–H groups in total. The van der Waals surface area contributed by atoms with Crippen molar-refractivity contribution in [3.8, 4) is 0 Å². The summed E-state index contributed by atoms with van der Waals surface area (Å²) < 4.78 is 0. The first-order valence-electron chi connectivity index (χ1n) is 9.54. The predicted molar refractivity (Wildman–Crippen MR) is 118 cm³/mol. The average molecular weight is 415 g/mol. The molecule has 3 rings (SSSR count). The van der Waals surface area contributed by atoms with E-state index in [1.807, 2.05) is 6.92 Å². The largest absolute Gasteiger partial charge is 0.300 e. The molecule has 1 unspecified atom stereocenters. The maximum Gasteiger partial charge on any atom is 0.239 e. The molecule has 0 saturated carbocycles. The summed E-state index contributed by atoms with van der Waals surface area (Å²) in [7, 11) is 0. The van der Waals surface area contributed by atoms with Crippen molar-refractivity contribution in [2.24, 2.45) is 5.92 Å². The van der Waals surface area contributed by atoms with Gasteiger partial charge in [-0.15, -0.1) is 10.2 Å². The van der Waals surface area contributed by atoms with Crippen LogP contribution in [0.25, 0.3) is 10.9 Å². The number of carbonyl (C=O) groups excluding carboxylic acids is 1. The number of fused-ring (bicyclic) bond motifs is 1. The zero-order valence-corrected chi connectivity index (χ0v) is 18.6. The van der Waals surface area contributed by atoms with Gasteiger partial charge in [0.2, 0.25) is 11.0 Å². The first-order valence-corrected chi connectivity index (χ1v) is 11.2. The van der Waals surface area contributed by atoms with Gasteiger partial charge >= 0.3 is 0 Å². The maximum absolute atomic E-state index is 12.8. The Kier molecular flexibility index (Phi) is 6.67. The maximum atomic E-state index is 12.8. The van der Waals surface area contributed by atoms with Crippen molar-refractivity contribution in [2.75, 3.05) is 5.32 Å². The number of aryl methyl sites for hydroxylation is 2. The van der Waals surface area contributed by atoms with Gasteiger partial charge in [-0.1, -0.05) is 62.1 Å². The highest BCUT2D eigenvalue weighted by Gasteiger charge is 2.21. The van der Waals surface area contributed by atoms with Gasteiger partial charge in [0.05, 0.1) is 15.8 Å². The molecule has 2 aromatic heterocycles.